The fourth-order valence-electron chi connectivity index (χ4n) is 5.04. The number of piperidine rings is 1. The van der Waals surface area contributed by atoms with E-state index in [0.717, 1.165) is 17.7 Å². The Labute approximate surface area is 206 Å². The Morgan fingerprint density at radius 3 is 2.23 bits per heavy atom. The molecule has 0 radical (unpaired) electrons. The van der Waals surface area contributed by atoms with Crippen molar-refractivity contribution in [3.05, 3.63) is 71.3 Å². The van der Waals surface area contributed by atoms with Gasteiger partial charge in [0, 0.05) is 39.8 Å². The third kappa shape index (κ3) is 5.23. The van der Waals surface area contributed by atoms with E-state index in [1.807, 2.05) is 42.5 Å². The SMILES string of the molecule is COCCN1C(=O)N(CCc2ccccc2)C(=O)C12CCN(Cc1ccc(C(=O)OC)cc1)CC2. The molecule has 3 amide bonds. The molecule has 4 rings (SSSR count). The topological polar surface area (TPSA) is 79.4 Å². The number of nitrogens with zero attached hydrogens (tertiary/aromatic N) is 3. The summed E-state index contributed by atoms with van der Waals surface area (Å²) >= 11 is 0. The summed E-state index contributed by atoms with van der Waals surface area (Å²) in [7, 11) is 2.98. The van der Waals surface area contributed by atoms with E-state index in [2.05, 4.69) is 4.90 Å². The minimum atomic E-state index is -0.808. The van der Waals surface area contributed by atoms with Gasteiger partial charge in [0.2, 0.25) is 0 Å². The van der Waals surface area contributed by atoms with Gasteiger partial charge in [-0.1, -0.05) is 42.5 Å². The highest BCUT2D eigenvalue weighted by Gasteiger charge is 2.57. The van der Waals surface area contributed by atoms with Crippen LogP contribution in [0.4, 0.5) is 4.79 Å². The molecule has 2 fully saturated rings. The van der Waals surface area contributed by atoms with Crippen LogP contribution in [0, 0.1) is 0 Å². The molecule has 2 aliphatic rings. The number of hydrogen-bond acceptors (Lipinski definition) is 6. The van der Waals surface area contributed by atoms with Crippen molar-refractivity contribution in [2.45, 2.75) is 31.3 Å². The molecular formula is C27H33N3O5. The number of carbonyl (C=O) groups excluding carboxylic acids is 3. The molecule has 186 valence electrons. The van der Waals surface area contributed by atoms with Gasteiger partial charge in [-0.15, -0.1) is 0 Å². The van der Waals surface area contributed by atoms with Crippen molar-refractivity contribution in [1.82, 2.24) is 14.7 Å². The first-order valence-electron chi connectivity index (χ1n) is 12.0. The Balaban J connectivity index is 1.43. The number of ether oxygens (including phenoxy) is 2. The normalized spacial score (nSPS) is 17.9. The highest BCUT2D eigenvalue weighted by molar-refractivity contribution is 6.07. The van der Waals surface area contributed by atoms with Gasteiger partial charge < -0.3 is 14.4 Å². The summed E-state index contributed by atoms with van der Waals surface area (Å²) in [5.74, 6) is -0.439. The molecule has 0 aliphatic carbocycles. The molecule has 2 aromatic rings. The zero-order valence-corrected chi connectivity index (χ0v) is 20.4. The third-order valence-corrected chi connectivity index (χ3v) is 7.07. The van der Waals surface area contributed by atoms with Crippen molar-refractivity contribution in [1.29, 1.82) is 0 Å². The number of amides is 3. The van der Waals surface area contributed by atoms with Crippen molar-refractivity contribution in [2.24, 2.45) is 0 Å². The molecule has 2 aliphatic heterocycles. The predicted octanol–water partition coefficient (Wildman–Crippen LogP) is 2.96. The van der Waals surface area contributed by atoms with Gasteiger partial charge in [-0.3, -0.25) is 14.6 Å². The molecule has 35 heavy (non-hydrogen) atoms. The maximum absolute atomic E-state index is 13.6. The van der Waals surface area contributed by atoms with Gasteiger partial charge in [-0.05, 0) is 42.5 Å². The van der Waals surface area contributed by atoms with Crippen molar-refractivity contribution >= 4 is 17.9 Å². The highest BCUT2D eigenvalue weighted by atomic mass is 16.5. The molecule has 0 aromatic heterocycles. The molecule has 1 spiro atoms. The highest BCUT2D eigenvalue weighted by Crippen LogP contribution is 2.37. The average molecular weight is 480 g/mol. The van der Waals surface area contributed by atoms with Gasteiger partial charge in [0.25, 0.3) is 5.91 Å². The number of urea groups is 1. The Kier molecular flexibility index (Phi) is 7.83. The number of hydrogen-bond donors (Lipinski definition) is 0. The largest absolute Gasteiger partial charge is 0.465 e. The zero-order valence-electron chi connectivity index (χ0n) is 20.4. The van der Waals surface area contributed by atoms with Gasteiger partial charge in [0.1, 0.15) is 5.54 Å². The second-order valence-electron chi connectivity index (χ2n) is 9.12. The zero-order chi connectivity index (χ0) is 24.8. The van der Waals surface area contributed by atoms with E-state index >= 15 is 0 Å². The predicted molar refractivity (Wildman–Crippen MR) is 131 cm³/mol. The quantitative estimate of drug-likeness (QED) is 0.407. The second kappa shape index (κ2) is 11.0. The van der Waals surface area contributed by atoms with Crippen LogP contribution in [0.15, 0.2) is 54.6 Å². The smallest absolute Gasteiger partial charge is 0.337 e. The molecular weight excluding hydrogens is 446 g/mol. The van der Waals surface area contributed by atoms with E-state index in [9.17, 15) is 14.4 Å². The molecule has 0 N–H and O–H groups in total. The summed E-state index contributed by atoms with van der Waals surface area (Å²) in [4.78, 5) is 44.1. The van der Waals surface area contributed by atoms with E-state index in [4.69, 9.17) is 9.47 Å². The molecule has 0 unspecified atom stereocenters. The Hall–Kier alpha value is -3.23. The Morgan fingerprint density at radius 1 is 0.914 bits per heavy atom. The van der Waals surface area contributed by atoms with Crippen LogP contribution in [-0.2, 0) is 27.2 Å². The van der Waals surface area contributed by atoms with Crippen molar-refractivity contribution in [3.63, 3.8) is 0 Å². The third-order valence-electron chi connectivity index (χ3n) is 7.07. The second-order valence-corrected chi connectivity index (χ2v) is 9.12. The molecule has 0 bridgehead atoms. The van der Waals surface area contributed by atoms with Gasteiger partial charge in [0.05, 0.1) is 19.3 Å². The van der Waals surface area contributed by atoms with Crippen LogP contribution < -0.4 is 0 Å². The van der Waals surface area contributed by atoms with Crippen LogP contribution in [0.25, 0.3) is 0 Å². The van der Waals surface area contributed by atoms with Crippen LogP contribution in [0.3, 0.4) is 0 Å². The fraction of sp³-hybridized carbons (Fsp3) is 0.444. The summed E-state index contributed by atoms with van der Waals surface area (Å²) in [5, 5.41) is 0. The number of rotatable bonds is 9. The molecule has 8 heteroatoms. The van der Waals surface area contributed by atoms with E-state index in [0.29, 0.717) is 57.6 Å². The molecule has 2 saturated heterocycles. The average Bonchev–Trinajstić information content (AvgIpc) is 3.08. The van der Waals surface area contributed by atoms with Gasteiger partial charge in [0.15, 0.2) is 0 Å². The number of esters is 1. The lowest BCUT2D eigenvalue weighted by atomic mass is 9.85. The number of likely N-dealkylation sites (tertiary alicyclic amines) is 1. The van der Waals surface area contributed by atoms with Crippen LogP contribution in [0.1, 0.15) is 34.3 Å². The van der Waals surface area contributed by atoms with Crippen molar-refractivity contribution in [2.75, 3.05) is 47.0 Å². The standard InChI is InChI=1S/C27H33N3O5/c1-34-19-18-30-26(33)29(15-12-21-6-4-3-5-7-21)25(32)27(30)13-16-28(17-14-27)20-22-8-10-23(11-9-22)24(31)35-2/h3-11H,12-20H2,1-2H3. The van der Waals surface area contributed by atoms with Gasteiger partial charge in [-0.2, -0.15) is 0 Å². The molecule has 8 nitrogen and oxygen atoms in total. The minimum Gasteiger partial charge on any atom is -0.465 e. The first kappa shape index (κ1) is 24.9. The lowest BCUT2D eigenvalue weighted by Gasteiger charge is -2.42. The maximum atomic E-state index is 13.6. The van der Waals surface area contributed by atoms with Gasteiger partial charge in [-0.25, -0.2) is 9.59 Å². The molecule has 2 heterocycles. The summed E-state index contributed by atoms with van der Waals surface area (Å²) in [6.07, 6.45) is 1.81. The lowest BCUT2D eigenvalue weighted by Crippen LogP contribution is -2.57. The Bertz CT molecular complexity index is 1030. The first-order chi connectivity index (χ1) is 17.0. The summed E-state index contributed by atoms with van der Waals surface area (Å²) in [6, 6.07) is 17.1. The van der Waals surface area contributed by atoms with Crippen molar-refractivity contribution < 1.29 is 23.9 Å². The number of methoxy groups -OCH3 is 2. The first-order valence-corrected chi connectivity index (χ1v) is 12.0. The molecule has 2 aromatic carbocycles. The summed E-state index contributed by atoms with van der Waals surface area (Å²) in [6.45, 7) is 3.29. The van der Waals surface area contributed by atoms with Crippen LogP contribution in [0.2, 0.25) is 0 Å². The minimum absolute atomic E-state index is 0.0865. The summed E-state index contributed by atoms with van der Waals surface area (Å²) in [5.41, 5.74) is 1.90. The number of imide groups is 1. The maximum Gasteiger partial charge on any atom is 0.337 e. The Morgan fingerprint density at radius 2 is 1.60 bits per heavy atom. The van der Waals surface area contributed by atoms with E-state index in [-0.39, 0.29) is 17.9 Å². The number of carbonyl (C=O) groups is 3. The molecule has 0 saturated carbocycles. The van der Waals surface area contributed by atoms with Crippen LogP contribution in [-0.4, -0.2) is 85.2 Å². The van der Waals surface area contributed by atoms with Crippen molar-refractivity contribution in [3.8, 4) is 0 Å². The van der Waals surface area contributed by atoms with Crippen LogP contribution >= 0.6 is 0 Å². The van der Waals surface area contributed by atoms with Gasteiger partial charge >= 0.3 is 12.0 Å². The van der Waals surface area contributed by atoms with E-state index in [1.165, 1.54) is 12.0 Å². The number of benzene rings is 2. The van der Waals surface area contributed by atoms with Crippen LogP contribution in [0.5, 0.6) is 0 Å². The van der Waals surface area contributed by atoms with E-state index < -0.39 is 5.54 Å². The fourth-order valence-corrected chi connectivity index (χ4v) is 5.04. The lowest BCUT2D eigenvalue weighted by molar-refractivity contribution is -0.135. The molecule has 0 atom stereocenters. The monoisotopic (exact) mass is 479 g/mol. The van der Waals surface area contributed by atoms with E-state index in [1.54, 1.807) is 24.1 Å². The summed E-state index contributed by atoms with van der Waals surface area (Å²) < 4.78 is 10.0.